The van der Waals surface area contributed by atoms with Crippen LogP contribution in [0.25, 0.3) is 0 Å². The third-order valence-corrected chi connectivity index (χ3v) is 2.76. The zero-order valence-electron chi connectivity index (χ0n) is 15.6. The zero-order valence-corrected chi connectivity index (χ0v) is 15.6. The highest BCUT2D eigenvalue weighted by Crippen LogP contribution is 2.06. The fraction of sp³-hybridized carbons (Fsp3) is 0.182. The molecular formula is C22H29NO2. The van der Waals surface area contributed by atoms with Gasteiger partial charge in [0.2, 0.25) is 0 Å². The van der Waals surface area contributed by atoms with Gasteiger partial charge in [-0.25, -0.2) is 0 Å². The molecule has 3 heteroatoms. The molecule has 3 aromatic rings. The van der Waals surface area contributed by atoms with Crippen molar-refractivity contribution in [2.75, 3.05) is 20.0 Å². The Bertz CT molecular complexity index is 574. The van der Waals surface area contributed by atoms with Gasteiger partial charge in [-0.05, 0) is 36.4 Å². The Morgan fingerprint density at radius 1 is 0.520 bits per heavy atom. The molecule has 0 saturated carbocycles. The highest BCUT2D eigenvalue weighted by molar-refractivity contribution is 5.35. The largest absolute Gasteiger partial charge is 0.497 e. The predicted molar refractivity (Wildman–Crippen MR) is 108 cm³/mol. The van der Waals surface area contributed by atoms with Gasteiger partial charge in [0.15, 0.2) is 0 Å². The summed E-state index contributed by atoms with van der Waals surface area (Å²) in [5.74, 6) is 1.82. The second kappa shape index (κ2) is 15.9. The maximum absolute atomic E-state index is 5.36. The predicted octanol–water partition coefficient (Wildman–Crippen LogP) is 5.69. The first-order valence-corrected chi connectivity index (χ1v) is 8.25. The molecule has 0 aliphatic carbocycles. The van der Waals surface area contributed by atoms with E-state index in [0.717, 1.165) is 17.2 Å². The maximum Gasteiger partial charge on any atom is 0.118 e. The van der Waals surface area contributed by atoms with Gasteiger partial charge in [0, 0.05) is 5.69 Å². The summed E-state index contributed by atoms with van der Waals surface area (Å²) >= 11 is 0. The Morgan fingerprint density at radius 3 is 0.960 bits per heavy atom. The highest BCUT2D eigenvalue weighted by Gasteiger charge is 1.81. The van der Waals surface area contributed by atoms with Gasteiger partial charge in [-0.15, -0.1) is 0 Å². The van der Waals surface area contributed by atoms with Crippen molar-refractivity contribution in [2.45, 2.75) is 13.8 Å². The average Bonchev–Trinajstić information content (AvgIpc) is 2.72. The molecule has 0 fully saturated rings. The summed E-state index contributed by atoms with van der Waals surface area (Å²) in [5, 5.41) is 0. The van der Waals surface area contributed by atoms with Crippen LogP contribution in [0, 0.1) is 0 Å². The molecule has 0 heterocycles. The Balaban J connectivity index is 0.000000330. The summed E-state index contributed by atoms with van der Waals surface area (Å²) in [6.45, 7) is 4.00. The quantitative estimate of drug-likeness (QED) is 0.610. The molecule has 134 valence electrons. The van der Waals surface area contributed by atoms with Gasteiger partial charge in [-0.3, -0.25) is 0 Å². The summed E-state index contributed by atoms with van der Waals surface area (Å²) in [4.78, 5) is 0. The SMILES string of the molecule is CC.COc1ccccc1.COc1ccccc1.Nc1ccccc1. The zero-order chi connectivity index (χ0) is 18.8. The number of hydrogen-bond donors (Lipinski definition) is 1. The minimum atomic E-state index is 0.822. The monoisotopic (exact) mass is 339 g/mol. The van der Waals surface area contributed by atoms with Crippen molar-refractivity contribution >= 4 is 5.69 Å². The molecule has 0 aliphatic rings. The van der Waals surface area contributed by atoms with E-state index in [-0.39, 0.29) is 0 Å². The molecule has 3 nitrogen and oxygen atoms in total. The number of ether oxygens (including phenoxy) is 2. The number of para-hydroxylation sites is 3. The van der Waals surface area contributed by atoms with Gasteiger partial charge in [-0.2, -0.15) is 0 Å². The lowest BCUT2D eigenvalue weighted by Gasteiger charge is -1.93. The lowest BCUT2D eigenvalue weighted by Crippen LogP contribution is -1.79. The van der Waals surface area contributed by atoms with Crippen LogP contribution in [0.4, 0.5) is 5.69 Å². The van der Waals surface area contributed by atoms with E-state index in [1.165, 1.54) is 0 Å². The van der Waals surface area contributed by atoms with Gasteiger partial charge in [0.05, 0.1) is 14.2 Å². The van der Waals surface area contributed by atoms with Crippen LogP contribution < -0.4 is 15.2 Å². The van der Waals surface area contributed by atoms with Gasteiger partial charge in [0.1, 0.15) is 11.5 Å². The van der Waals surface area contributed by atoms with Crippen LogP contribution in [0.3, 0.4) is 0 Å². The molecule has 0 aliphatic heterocycles. The molecule has 0 unspecified atom stereocenters. The number of methoxy groups -OCH3 is 2. The second-order valence-corrected chi connectivity index (χ2v) is 4.45. The molecule has 3 rings (SSSR count). The van der Waals surface area contributed by atoms with Crippen LogP contribution in [-0.4, -0.2) is 14.2 Å². The van der Waals surface area contributed by atoms with Crippen LogP contribution in [0.5, 0.6) is 11.5 Å². The van der Waals surface area contributed by atoms with Crippen molar-refractivity contribution in [1.29, 1.82) is 0 Å². The summed E-state index contributed by atoms with van der Waals surface area (Å²) in [7, 11) is 3.32. The first-order valence-electron chi connectivity index (χ1n) is 8.25. The Kier molecular flexibility index (Phi) is 14.1. The molecule has 0 aromatic heterocycles. The van der Waals surface area contributed by atoms with Crippen LogP contribution in [-0.2, 0) is 0 Å². The summed E-state index contributed by atoms with van der Waals surface area (Å²) in [6, 6.07) is 28.8. The summed E-state index contributed by atoms with van der Waals surface area (Å²) < 4.78 is 9.83. The molecule has 3 aromatic carbocycles. The van der Waals surface area contributed by atoms with E-state index in [2.05, 4.69) is 0 Å². The Hall–Kier alpha value is -2.94. The lowest BCUT2D eigenvalue weighted by molar-refractivity contribution is 0.414. The van der Waals surface area contributed by atoms with Crippen LogP contribution in [0.2, 0.25) is 0 Å². The van der Waals surface area contributed by atoms with Gasteiger partial charge in [0.25, 0.3) is 0 Å². The minimum absolute atomic E-state index is 0.822. The fourth-order valence-corrected chi connectivity index (χ4v) is 1.57. The van der Waals surface area contributed by atoms with Crippen molar-refractivity contribution in [3.63, 3.8) is 0 Å². The number of nitrogens with two attached hydrogens (primary N) is 1. The molecule has 2 N–H and O–H groups in total. The number of benzene rings is 3. The molecule has 0 spiro atoms. The van der Waals surface area contributed by atoms with E-state index in [1.807, 2.05) is 105 Å². The average molecular weight is 339 g/mol. The van der Waals surface area contributed by atoms with Crippen molar-refractivity contribution in [1.82, 2.24) is 0 Å². The lowest BCUT2D eigenvalue weighted by atomic mass is 10.3. The topological polar surface area (TPSA) is 44.5 Å². The van der Waals surface area contributed by atoms with Crippen LogP contribution in [0.1, 0.15) is 13.8 Å². The first kappa shape index (κ1) is 22.1. The Labute approximate surface area is 152 Å². The molecular weight excluding hydrogens is 310 g/mol. The number of hydrogen-bond acceptors (Lipinski definition) is 3. The molecule has 25 heavy (non-hydrogen) atoms. The van der Waals surface area contributed by atoms with Crippen molar-refractivity contribution in [3.05, 3.63) is 91.0 Å². The normalized spacial score (nSPS) is 8.16. The van der Waals surface area contributed by atoms with Gasteiger partial charge in [-0.1, -0.05) is 68.4 Å². The highest BCUT2D eigenvalue weighted by atomic mass is 16.5. The van der Waals surface area contributed by atoms with E-state index < -0.39 is 0 Å². The maximum atomic E-state index is 5.36. The Morgan fingerprint density at radius 2 is 0.800 bits per heavy atom. The number of anilines is 1. The minimum Gasteiger partial charge on any atom is -0.497 e. The van der Waals surface area contributed by atoms with E-state index in [9.17, 15) is 0 Å². The molecule has 0 bridgehead atoms. The van der Waals surface area contributed by atoms with Crippen molar-refractivity contribution in [2.24, 2.45) is 0 Å². The van der Waals surface area contributed by atoms with Gasteiger partial charge >= 0.3 is 0 Å². The van der Waals surface area contributed by atoms with E-state index in [1.54, 1.807) is 14.2 Å². The molecule has 0 saturated heterocycles. The number of nitrogen functional groups attached to an aromatic ring is 1. The summed E-state index contributed by atoms with van der Waals surface area (Å²) in [5.41, 5.74) is 6.18. The van der Waals surface area contributed by atoms with Gasteiger partial charge < -0.3 is 15.2 Å². The van der Waals surface area contributed by atoms with Crippen molar-refractivity contribution < 1.29 is 9.47 Å². The van der Waals surface area contributed by atoms with Crippen LogP contribution >= 0.6 is 0 Å². The number of rotatable bonds is 2. The van der Waals surface area contributed by atoms with Crippen molar-refractivity contribution in [3.8, 4) is 11.5 Å². The summed E-state index contributed by atoms with van der Waals surface area (Å²) in [6.07, 6.45) is 0. The first-order chi connectivity index (χ1) is 12.3. The standard InChI is InChI=1S/2C7H8O.C6H7N.C2H6/c2*1-8-7-5-3-2-4-6-7;7-6-4-2-1-3-5-6;1-2/h2*2-6H,1H3;1-5H,7H2;1-2H3. The van der Waals surface area contributed by atoms with E-state index >= 15 is 0 Å². The van der Waals surface area contributed by atoms with E-state index in [4.69, 9.17) is 15.2 Å². The third kappa shape index (κ3) is 12.2. The molecule has 0 radical (unpaired) electrons. The van der Waals surface area contributed by atoms with Crippen LogP contribution in [0.15, 0.2) is 91.0 Å². The fourth-order valence-electron chi connectivity index (χ4n) is 1.57. The van der Waals surface area contributed by atoms with E-state index in [0.29, 0.717) is 0 Å². The molecule has 0 amide bonds. The second-order valence-electron chi connectivity index (χ2n) is 4.45. The smallest absolute Gasteiger partial charge is 0.118 e. The molecule has 0 atom stereocenters. The third-order valence-electron chi connectivity index (χ3n) is 2.76.